The SMILES string of the molecule is CCNC(CSc1cccc(C)c1)Cc1ccc(I)cc1. The second-order valence-electron chi connectivity index (χ2n) is 5.21. The van der Waals surface area contributed by atoms with Crippen molar-refractivity contribution in [1.29, 1.82) is 0 Å². The van der Waals surface area contributed by atoms with Crippen LogP contribution in [0.5, 0.6) is 0 Å². The lowest BCUT2D eigenvalue weighted by atomic mass is 10.1. The van der Waals surface area contributed by atoms with E-state index in [0.717, 1.165) is 18.7 Å². The molecule has 0 saturated carbocycles. The minimum atomic E-state index is 0.514. The van der Waals surface area contributed by atoms with Crippen LogP contribution in [-0.2, 0) is 6.42 Å². The molecule has 1 atom stereocenters. The third kappa shape index (κ3) is 6.01. The highest BCUT2D eigenvalue weighted by Crippen LogP contribution is 2.21. The Balaban J connectivity index is 1.93. The summed E-state index contributed by atoms with van der Waals surface area (Å²) in [5, 5.41) is 3.61. The molecule has 2 aromatic carbocycles. The molecule has 0 saturated heterocycles. The largest absolute Gasteiger partial charge is 0.313 e. The number of hydrogen-bond acceptors (Lipinski definition) is 2. The Morgan fingerprint density at radius 3 is 2.57 bits per heavy atom. The van der Waals surface area contributed by atoms with Crippen molar-refractivity contribution in [2.24, 2.45) is 0 Å². The normalized spacial score (nSPS) is 12.3. The van der Waals surface area contributed by atoms with Gasteiger partial charge in [-0.05, 0) is 72.3 Å². The van der Waals surface area contributed by atoms with E-state index in [4.69, 9.17) is 0 Å². The average molecular weight is 411 g/mol. The van der Waals surface area contributed by atoms with Crippen molar-refractivity contribution in [2.45, 2.75) is 31.2 Å². The van der Waals surface area contributed by atoms with Gasteiger partial charge in [-0.1, -0.05) is 36.8 Å². The molecular formula is C18H22INS. The van der Waals surface area contributed by atoms with Crippen molar-refractivity contribution in [3.8, 4) is 0 Å². The Morgan fingerprint density at radius 2 is 1.90 bits per heavy atom. The van der Waals surface area contributed by atoms with Crippen LogP contribution in [0.4, 0.5) is 0 Å². The predicted octanol–water partition coefficient (Wildman–Crippen LogP) is 4.91. The van der Waals surface area contributed by atoms with Crippen molar-refractivity contribution < 1.29 is 0 Å². The minimum absolute atomic E-state index is 0.514. The van der Waals surface area contributed by atoms with E-state index < -0.39 is 0 Å². The van der Waals surface area contributed by atoms with Gasteiger partial charge in [-0.15, -0.1) is 11.8 Å². The van der Waals surface area contributed by atoms with Gasteiger partial charge >= 0.3 is 0 Å². The van der Waals surface area contributed by atoms with E-state index in [1.807, 2.05) is 11.8 Å². The Hall–Kier alpha value is -0.520. The van der Waals surface area contributed by atoms with Crippen LogP contribution >= 0.6 is 34.4 Å². The van der Waals surface area contributed by atoms with Crippen LogP contribution in [0.1, 0.15) is 18.1 Å². The first-order valence-corrected chi connectivity index (χ1v) is 9.41. The van der Waals surface area contributed by atoms with Crippen LogP contribution in [0.2, 0.25) is 0 Å². The topological polar surface area (TPSA) is 12.0 Å². The van der Waals surface area contributed by atoms with E-state index in [0.29, 0.717) is 6.04 Å². The Bertz CT molecular complexity index is 553. The number of halogens is 1. The van der Waals surface area contributed by atoms with Gasteiger partial charge in [-0.3, -0.25) is 0 Å². The standard InChI is InChI=1S/C18H22INS/c1-3-20-17(12-15-7-9-16(19)10-8-15)13-21-18-6-4-5-14(2)11-18/h4-11,17,20H,3,12-13H2,1-2H3. The molecular weight excluding hydrogens is 389 g/mol. The summed E-state index contributed by atoms with van der Waals surface area (Å²) in [5.74, 6) is 1.10. The van der Waals surface area contributed by atoms with Gasteiger partial charge < -0.3 is 5.32 Å². The molecule has 0 aliphatic rings. The number of hydrogen-bond donors (Lipinski definition) is 1. The van der Waals surface area contributed by atoms with Crippen LogP contribution in [-0.4, -0.2) is 18.3 Å². The van der Waals surface area contributed by atoms with Crippen LogP contribution < -0.4 is 5.32 Å². The molecule has 1 nitrogen and oxygen atoms in total. The van der Waals surface area contributed by atoms with Crippen molar-refractivity contribution >= 4 is 34.4 Å². The fraction of sp³-hybridized carbons (Fsp3) is 0.333. The molecule has 2 rings (SSSR count). The Morgan fingerprint density at radius 1 is 1.14 bits per heavy atom. The summed E-state index contributed by atoms with van der Waals surface area (Å²) in [6.07, 6.45) is 1.09. The highest BCUT2D eigenvalue weighted by molar-refractivity contribution is 14.1. The molecule has 1 N–H and O–H groups in total. The molecule has 0 spiro atoms. The van der Waals surface area contributed by atoms with Crippen molar-refractivity contribution in [3.63, 3.8) is 0 Å². The summed E-state index contributed by atoms with van der Waals surface area (Å²) in [5.41, 5.74) is 2.74. The molecule has 112 valence electrons. The molecule has 0 heterocycles. The van der Waals surface area contributed by atoms with Gasteiger partial charge in [0.05, 0.1) is 0 Å². The number of likely N-dealkylation sites (N-methyl/N-ethyl adjacent to an activating group) is 1. The summed E-state index contributed by atoms with van der Waals surface area (Å²) in [4.78, 5) is 1.36. The molecule has 3 heteroatoms. The maximum absolute atomic E-state index is 3.61. The number of benzene rings is 2. The van der Waals surface area contributed by atoms with E-state index in [1.54, 1.807) is 0 Å². The molecule has 0 aliphatic heterocycles. The lowest BCUT2D eigenvalue weighted by Gasteiger charge is -2.18. The summed E-state index contributed by atoms with van der Waals surface area (Å²) in [7, 11) is 0. The predicted molar refractivity (Wildman–Crippen MR) is 102 cm³/mol. The van der Waals surface area contributed by atoms with Crippen molar-refractivity contribution in [3.05, 3.63) is 63.2 Å². The fourth-order valence-electron chi connectivity index (χ4n) is 2.29. The van der Waals surface area contributed by atoms with E-state index in [-0.39, 0.29) is 0 Å². The molecule has 0 aliphatic carbocycles. The van der Waals surface area contributed by atoms with Crippen LogP contribution in [0.15, 0.2) is 53.4 Å². The fourth-order valence-corrected chi connectivity index (χ4v) is 3.72. The second-order valence-corrected chi connectivity index (χ2v) is 7.55. The van der Waals surface area contributed by atoms with E-state index in [1.165, 1.54) is 19.6 Å². The lowest BCUT2D eigenvalue weighted by molar-refractivity contribution is 0.572. The Kier molecular flexibility index (Phi) is 7.07. The van der Waals surface area contributed by atoms with Gasteiger partial charge in [0.15, 0.2) is 0 Å². The number of rotatable bonds is 7. The third-order valence-corrected chi connectivity index (χ3v) is 5.20. The molecule has 0 amide bonds. The molecule has 21 heavy (non-hydrogen) atoms. The van der Waals surface area contributed by atoms with E-state index in [9.17, 15) is 0 Å². The second kappa shape index (κ2) is 8.81. The van der Waals surface area contributed by atoms with Crippen LogP contribution in [0.25, 0.3) is 0 Å². The third-order valence-electron chi connectivity index (χ3n) is 3.33. The van der Waals surface area contributed by atoms with Crippen molar-refractivity contribution in [2.75, 3.05) is 12.3 Å². The number of nitrogens with one attached hydrogen (secondary N) is 1. The van der Waals surface area contributed by atoms with Crippen LogP contribution in [0, 0.1) is 10.5 Å². The number of aryl methyl sites for hydroxylation is 1. The highest BCUT2D eigenvalue weighted by Gasteiger charge is 2.09. The van der Waals surface area contributed by atoms with E-state index >= 15 is 0 Å². The highest BCUT2D eigenvalue weighted by atomic mass is 127. The van der Waals surface area contributed by atoms with Crippen LogP contribution in [0.3, 0.4) is 0 Å². The summed E-state index contributed by atoms with van der Waals surface area (Å²) in [6.45, 7) is 5.35. The van der Waals surface area contributed by atoms with Gasteiger partial charge in [0.2, 0.25) is 0 Å². The van der Waals surface area contributed by atoms with Gasteiger partial charge in [-0.25, -0.2) is 0 Å². The zero-order valence-corrected chi connectivity index (χ0v) is 15.6. The lowest BCUT2D eigenvalue weighted by Crippen LogP contribution is -2.33. The zero-order valence-electron chi connectivity index (χ0n) is 12.6. The number of thioether (sulfide) groups is 1. The van der Waals surface area contributed by atoms with Gasteiger partial charge in [0.1, 0.15) is 0 Å². The minimum Gasteiger partial charge on any atom is -0.313 e. The van der Waals surface area contributed by atoms with E-state index in [2.05, 4.69) is 90.3 Å². The molecule has 2 aromatic rings. The first-order valence-electron chi connectivity index (χ1n) is 7.34. The van der Waals surface area contributed by atoms with Gasteiger partial charge in [0, 0.05) is 20.3 Å². The maximum Gasteiger partial charge on any atom is 0.0201 e. The zero-order chi connectivity index (χ0) is 15.1. The average Bonchev–Trinajstić information content (AvgIpc) is 2.47. The van der Waals surface area contributed by atoms with Crippen molar-refractivity contribution in [1.82, 2.24) is 5.32 Å². The first-order chi connectivity index (χ1) is 10.2. The molecule has 0 fully saturated rings. The molecule has 0 bridgehead atoms. The molecule has 0 radical (unpaired) electrons. The summed E-state index contributed by atoms with van der Waals surface area (Å²) < 4.78 is 1.30. The smallest absolute Gasteiger partial charge is 0.0201 e. The molecule has 0 aromatic heterocycles. The monoisotopic (exact) mass is 411 g/mol. The quantitative estimate of drug-likeness (QED) is 0.513. The summed E-state index contributed by atoms with van der Waals surface area (Å²) >= 11 is 4.30. The summed E-state index contributed by atoms with van der Waals surface area (Å²) in [6, 6.07) is 18.1. The van der Waals surface area contributed by atoms with Gasteiger partial charge in [0.25, 0.3) is 0 Å². The maximum atomic E-state index is 3.61. The molecule has 1 unspecified atom stereocenters. The Labute approximate surface area is 146 Å². The van der Waals surface area contributed by atoms with Gasteiger partial charge in [-0.2, -0.15) is 0 Å². The first kappa shape index (κ1) is 16.8.